The van der Waals surface area contributed by atoms with Gasteiger partial charge in [-0.3, -0.25) is 9.69 Å². The van der Waals surface area contributed by atoms with Crippen molar-refractivity contribution in [2.24, 2.45) is 0 Å². The van der Waals surface area contributed by atoms with Crippen molar-refractivity contribution in [2.75, 3.05) is 42.9 Å². The second-order valence-corrected chi connectivity index (χ2v) is 6.63. The van der Waals surface area contributed by atoms with E-state index in [1.165, 1.54) is 24.3 Å². The second kappa shape index (κ2) is 9.01. The molecule has 1 aliphatic heterocycles. The summed E-state index contributed by atoms with van der Waals surface area (Å²) in [6.07, 6.45) is 0. The smallest absolute Gasteiger partial charge is 0.387 e. The second-order valence-electron chi connectivity index (χ2n) is 6.19. The fraction of sp³-hybridized carbons (Fsp3) is 0.316. The summed E-state index contributed by atoms with van der Waals surface area (Å²) in [6.45, 7) is 0.567. The molecule has 5 nitrogen and oxygen atoms in total. The number of carbonyl (C=O) groups excluding carboxylic acids is 1. The molecule has 3 rings (SSSR count). The Bertz CT molecular complexity index is 766. The highest BCUT2D eigenvalue weighted by atomic mass is 35.5. The molecule has 2 aromatic rings. The minimum absolute atomic E-state index is 0.0557. The van der Waals surface area contributed by atoms with E-state index in [9.17, 15) is 13.6 Å². The topological polar surface area (TPSA) is 44.8 Å². The van der Waals surface area contributed by atoms with Crippen molar-refractivity contribution in [2.45, 2.75) is 6.61 Å². The Kier molecular flexibility index (Phi) is 6.47. The number of hydrogen-bond acceptors (Lipinski definition) is 4. The van der Waals surface area contributed by atoms with Crippen LogP contribution in [0.5, 0.6) is 5.75 Å². The van der Waals surface area contributed by atoms with Crippen LogP contribution in [0.4, 0.5) is 20.2 Å². The van der Waals surface area contributed by atoms with Gasteiger partial charge in [0.25, 0.3) is 0 Å². The van der Waals surface area contributed by atoms with E-state index in [2.05, 4.69) is 19.9 Å². The summed E-state index contributed by atoms with van der Waals surface area (Å²) in [5, 5.41) is 3.47. The standard InChI is InChI=1S/C19H20ClF2N3O2/c20-14-2-1-3-16(12-14)25-10-8-24(9-11-25)13-18(26)23-15-4-6-17(7-5-15)27-19(21)22/h1-7,12,19H,8-11,13H2,(H,23,26). The number of nitrogens with zero attached hydrogens (tertiary/aromatic N) is 2. The van der Waals surface area contributed by atoms with Gasteiger partial charge in [-0.1, -0.05) is 17.7 Å². The average Bonchev–Trinajstić information content (AvgIpc) is 2.63. The van der Waals surface area contributed by atoms with Crippen LogP contribution in [0.15, 0.2) is 48.5 Å². The number of hydrogen-bond donors (Lipinski definition) is 1. The maximum Gasteiger partial charge on any atom is 0.387 e. The molecule has 8 heteroatoms. The van der Waals surface area contributed by atoms with Crippen molar-refractivity contribution in [1.82, 2.24) is 4.90 Å². The molecule has 0 spiro atoms. The number of rotatable bonds is 6. The fourth-order valence-corrected chi connectivity index (χ4v) is 3.14. The van der Waals surface area contributed by atoms with Gasteiger partial charge in [-0.05, 0) is 42.5 Å². The third-order valence-electron chi connectivity index (χ3n) is 4.28. The van der Waals surface area contributed by atoms with Crippen molar-refractivity contribution < 1.29 is 18.3 Å². The SMILES string of the molecule is O=C(CN1CCN(c2cccc(Cl)c2)CC1)Nc1ccc(OC(F)F)cc1. The van der Waals surface area contributed by atoms with Crippen molar-refractivity contribution in [3.05, 3.63) is 53.6 Å². The van der Waals surface area contributed by atoms with Crippen molar-refractivity contribution >= 4 is 28.9 Å². The number of piperazine rings is 1. The van der Waals surface area contributed by atoms with Crippen LogP contribution < -0.4 is 15.0 Å². The minimum atomic E-state index is -2.86. The molecule has 0 unspecified atom stereocenters. The molecule has 1 N–H and O–H groups in total. The molecule has 27 heavy (non-hydrogen) atoms. The molecule has 144 valence electrons. The maximum absolute atomic E-state index is 12.2. The minimum Gasteiger partial charge on any atom is -0.435 e. The van der Waals surface area contributed by atoms with Gasteiger partial charge >= 0.3 is 6.61 Å². The molecule has 0 aliphatic carbocycles. The Labute approximate surface area is 161 Å². The molecular formula is C19H20ClF2N3O2. The van der Waals surface area contributed by atoms with E-state index in [1.54, 1.807) is 0 Å². The number of alkyl halides is 2. The quantitative estimate of drug-likeness (QED) is 0.810. The molecule has 0 saturated carbocycles. The lowest BCUT2D eigenvalue weighted by atomic mass is 10.2. The van der Waals surface area contributed by atoms with Crippen molar-refractivity contribution in [1.29, 1.82) is 0 Å². The summed E-state index contributed by atoms with van der Waals surface area (Å²) in [6, 6.07) is 13.6. The van der Waals surface area contributed by atoms with Crippen LogP contribution in [-0.2, 0) is 4.79 Å². The van der Waals surface area contributed by atoms with E-state index in [4.69, 9.17) is 11.6 Å². The first kappa shape index (κ1) is 19.4. The van der Waals surface area contributed by atoms with Crippen molar-refractivity contribution in [3.8, 4) is 5.75 Å². The number of amides is 1. The zero-order chi connectivity index (χ0) is 19.2. The van der Waals surface area contributed by atoms with Gasteiger partial charge in [-0.2, -0.15) is 8.78 Å². The molecule has 0 atom stereocenters. The predicted molar refractivity (Wildman–Crippen MR) is 102 cm³/mol. The molecule has 0 bridgehead atoms. The van der Waals surface area contributed by atoms with Gasteiger partial charge in [0, 0.05) is 42.6 Å². The van der Waals surface area contributed by atoms with E-state index in [0.29, 0.717) is 10.7 Å². The summed E-state index contributed by atoms with van der Waals surface area (Å²) in [7, 11) is 0. The maximum atomic E-state index is 12.2. The molecule has 1 saturated heterocycles. The lowest BCUT2D eigenvalue weighted by Gasteiger charge is -2.35. The number of anilines is 2. The molecular weight excluding hydrogens is 376 g/mol. The third-order valence-corrected chi connectivity index (χ3v) is 4.51. The Balaban J connectivity index is 1.45. The largest absolute Gasteiger partial charge is 0.435 e. The van der Waals surface area contributed by atoms with Crippen LogP contribution in [0.25, 0.3) is 0 Å². The Hall–Kier alpha value is -2.38. The number of benzene rings is 2. The van der Waals surface area contributed by atoms with Gasteiger partial charge in [0.1, 0.15) is 5.75 Å². The van der Waals surface area contributed by atoms with Crippen LogP contribution in [0.3, 0.4) is 0 Å². The average molecular weight is 396 g/mol. The molecule has 1 aliphatic rings. The fourth-order valence-electron chi connectivity index (χ4n) is 2.96. The Morgan fingerprint density at radius 3 is 2.44 bits per heavy atom. The first-order valence-electron chi connectivity index (χ1n) is 8.57. The highest BCUT2D eigenvalue weighted by Gasteiger charge is 2.19. The van der Waals surface area contributed by atoms with Gasteiger partial charge < -0.3 is 15.0 Å². The monoisotopic (exact) mass is 395 g/mol. The van der Waals surface area contributed by atoms with Gasteiger partial charge in [0.15, 0.2) is 0 Å². The Morgan fingerprint density at radius 2 is 1.81 bits per heavy atom. The van der Waals surface area contributed by atoms with Crippen LogP contribution in [0.2, 0.25) is 5.02 Å². The first-order chi connectivity index (χ1) is 13.0. The van der Waals surface area contributed by atoms with Gasteiger partial charge in [-0.15, -0.1) is 0 Å². The van der Waals surface area contributed by atoms with E-state index in [1.807, 2.05) is 24.3 Å². The normalized spacial score (nSPS) is 15.0. The van der Waals surface area contributed by atoms with E-state index in [0.717, 1.165) is 31.9 Å². The van der Waals surface area contributed by atoms with Crippen LogP contribution in [0.1, 0.15) is 0 Å². The van der Waals surface area contributed by atoms with Crippen molar-refractivity contribution in [3.63, 3.8) is 0 Å². The van der Waals surface area contributed by atoms with Gasteiger partial charge in [0.2, 0.25) is 5.91 Å². The summed E-state index contributed by atoms with van der Waals surface area (Å²) in [5.74, 6) is -0.0890. The zero-order valence-corrected chi connectivity index (χ0v) is 15.3. The van der Waals surface area contributed by atoms with Gasteiger partial charge in [0.05, 0.1) is 6.54 Å². The summed E-state index contributed by atoms with van der Waals surface area (Å²) in [4.78, 5) is 16.5. The molecule has 0 radical (unpaired) electrons. The van der Waals surface area contributed by atoms with Crippen LogP contribution in [0, 0.1) is 0 Å². The summed E-state index contributed by atoms with van der Waals surface area (Å²) in [5.41, 5.74) is 1.62. The predicted octanol–water partition coefficient (Wildman–Crippen LogP) is 3.70. The Morgan fingerprint density at radius 1 is 1.11 bits per heavy atom. The molecule has 1 fully saturated rings. The number of ether oxygens (including phenoxy) is 1. The molecule has 2 aromatic carbocycles. The lowest BCUT2D eigenvalue weighted by molar-refractivity contribution is -0.117. The molecule has 1 heterocycles. The van der Waals surface area contributed by atoms with Crippen LogP contribution in [-0.4, -0.2) is 50.1 Å². The van der Waals surface area contributed by atoms with Gasteiger partial charge in [-0.25, -0.2) is 0 Å². The molecule has 1 amide bonds. The highest BCUT2D eigenvalue weighted by Crippen LogP contribution is 2.21. The highest BCUT2D eigenvalue weighted by molar-refractivity contribution is 6.30. The number of carbonyl (C=O) groups is 1. The number of nitrogens with one attached hydrogen (secondary N) is 1. The zero-order valence-electron chi connectivity index (χ0n) is 14.6. The third kappa shape index (κ3) is 5.80. The summed E-state index contributed by atoms with van der Waals surface area (Å²) < 4.78 is 28.6. The lowest BCUT2D eigenvalue weighted by Crippen LogP contribution is -2.48. The van der Waals surface area contributed by atoms with E-state index >= 15 is 0 Å². The number of halogens is 3. The van der Waals surface area contributed by atoms with E-state index in [-0.39, 0.29) is 18.2 Å². The first-order valence-corrected chi connectivity index (χ1v) is 8.95. The van der Waals surface area contributed by atoms with Crippen LogP contribution >= 0.6 is 11.6 Å². The van der Waals surface area contributed by atoms with E-state index < -0.39 is 6.61 Å². The molecule has 0 aromatic heterocycles. The summed E-state index contributed by atoms with van der Waals surface area (Å²) >= 11 is 6.04.